The Morgan fingerprint density at radius 1 is 0.706 bits per heavy atom. The third kappa shape index (κ3) is 1.94. The Hall–Kier alpha value is -0.0800. The Labute approximate surface area is 106 Å². The van der Waals surface area contributed by atoms with E-state index in [1.165, 1.54) is 0 Å². The van der Waals surface area contributed by atoms with Crippen molar-refractivity contribution in [2.24, 2.45) is 35.5 Å². The van der Waals surface area contributed by atoms with Crippen molar-refractivity contribution >= 4 is 0 Å². The van der Waals surface area contributed by atoms with Crippen LogP contribution in [0.25, 0.3) is 0 Å². The van der Waals surface area contributed by atoms with Gasteiger partial charge in [-0.3, -0.25) is 0 Å². The van der Waals surface area contributed by atoms with Crippen LogP contribution in [0.2, 0.25) is 0 Å². The first-order valence-electron chi connectivity index (χ1n) is 7.30. The Balaban J connectivity index is 2.18. The SMILES string of the molecule is CC1NC(C2C(C)C(C)C(C)C2O)C(C)C1C. The van der Waals surface area contributed by atoms with Gasteiger partial charge in [0.15, 0.2) is 0 Å². The normalized spacial score (nSPS) is 59.8. The highest BCUT2D eigenvalue weighted by Gasteiger charge is 2.51. The summed E-state index contributed by atoms with van der Waals surface area (Å²) in [6.45, 7) is 13.8. The number of aliphatic hydroxyl groups excluding tert-OH is 1. The standard InChI is InChI=1S/C15H29NO/c1-7-9(3)13(15(17)11(7)5)14-10(4)8(2)12(6)16-14/h7-17H,1-6H3. The number of hydrogen-bond acceptors (Lipinski definition) is 2. The average Bonchev–Trinajstić information content (AvgIpc) is 2.64. The van der Waals surface area contributed by atoms with Crippen molar-refractivity contribution in [3.63, 3.8) is 0 Å². The monoisotopic (exact) mass is 239 g/mol. The van der Waals surface area contributed by atoms with Gasteiger partial charge in [0, 0.05) is 18.0 Å². The fourth-order valence-electron chi connectivity index (χ4n) is 4.19. The molecule has 0 spiro atoms. The minimum atomic E-state index is -0.127. The predicted molar refractivity (Wildman–Crippen MR) is 71.7 cm³/mol. The van der Waals surface area contributed by atoms with Crippen molar-refractivity contribution in [1.29, 1.82) is 0 Å². The molecule has 0 aromatic rings. The Morgan fingerprint density at radius 2 is 1.29 bits per heavy atom. The molecule has 17 heavy (non-hydrogen) atoms. The molecule has 2 nitrogen and oxygen atoms in total. The highest BCUT2D eigenvalue weighted by Crippen LogP contribution is 2.46. The molecule has 1 aliphatic heterocycles. The highest BCUT2D eigenvalue weighted by molar-refractivity contribution is 5.03. The molecule has 0 aromatic carbocycles. The molecule has 0 amide bonds. The van der Waals surface area contributed by atoms with Crippen LogP contribution in [0.1, 0.15) is 41.5 Å². The van der Waals surface area contributed by atoms with Gasteiger partial charge in [-0.2, -0.15) is 0 Å². The van der Waals surface area contributed by atoms with Crippen LogP contribution in [0.15, 0.2) is 0 Å². The lowest BCUT2D eigenvalue weighted by atomic mass is 9.79. The van der Waals surface area contributed by atoms with Gasteiger partial charge >= 0.3 is 0 Å². The first kappa shape index (κ1) is 13.4. The van der Waals surface area contributed by atoms with E-state index in [9.17, 15) is 5.11 Å². The van der Waals surface area contributed by atoms with Crippen LogP contribution in [0.4, 0.5) is 0 Å². The molecular weight excluding hydrogens is 210 g/mol. The fourth-order valence-corrected chi connectivity index (χ4v) is 4.19. The van der Waals surface area contributed by atoms with E-state index < -0.39 is 0 Å². The van der Waals surface area contributed by atoms with Crippen molar-refractivity contribution in [3.05, 3.63) is 0 Å². The van der Waals surface area contributed by atoms with Crippen LogP contribution in [-0.2, 0) is 0 Å². The highest BCUT2D eigenvalue weighted by atomic mass is 16.3. The van der Waals surface area contributed by atoms with Crippen molar-refractivity contribution in [2.45, 2.75) is 59.7 Å². The summed E-state index contributed by atoms with van der Waals surface area (Å²) in [5.41, 5.74) is 0. The summed E-state index contributed by atoms with van der Waals surface area (Å²) in [5.74, 6) is 3.51. The first-order valence-corrected chi connectivity index (χ1v) is 7.30. The van der Waals surface area contributed by atoms with E-state index in [1.54, 1.807) is 0 Å². The maximum atomic E-state index is 10.5. The zero-order valence-corrected chi connectivity index (χ0v) is 12.1. The molecule has 100 valence electrons. The Morgan fingerprint density at radius 3 is 1.65 bits per heavy atom. The molecule has 2 fully saturated rings. The molecule has 0 radical (unpaired) electrons. The molecule has 1 aliphatic carbocycles. The van der Waals surface area contributed by atoms with Gasteiger partial charge in [-0.05, 0) is 36.5 Å². The Bertz CT molecular complexity index is 266. The summed E-state index contributed by atoms with van der Waals surface area (Å²) in [6, 6.07) is 1.08. The number of rotatable bonds is 1. The van der Waals surface area contributed by atoms with Crippen LogP contribution in [-0.4, -0.2) is 23.3 Å². The molecule has 0 aromatic heterocycles. The van der Waals surface area contributed by atoms with Gasteiger partial charge < -0.3 is 10.4 Å². The minimum absolute atomic E-state index is 0.127. The predicted octanol–water partition coefficient (Wildman–Crippen LogP) is 2.52. The lowest BCUT2D eigenvalue weighted by Crippen LogP contribution is -2.43. The van der Waals surface area contributed by atoms with Crippen molar-refractivity contribution in [1.82, 2.24) is 5.32 Å². The molecule has 9 atom stereocenters. The first-order chi connectivity index (χ1) is 7.86. The summed E-state index contributed by atoms with van der Waals surface area (Å²) >= 11 is 0. The van der Waals surface area contributed by atoms with Gasteiger partial charge in [0.05, 0.1) is 6.10 Å². The molecular formula is C15H29NO. The largest absolute Gasteiger partial charge is 0.392 e. The maximum Gasteiger partial charge on any atom is 0.0614 e. The third-order valence-electron chi connectivity index (χ3n) is 6.25. The topological polar surface area (TPSA) is 32.3 Å². The second-order valence-electron chi connectivity index (χ2n) is 6.84. The minimum Gasteiger partial charge on any atom is -0.392 e. The van der Waals surface area contributed by atoms with Crippen LogP contribution in [0, 0.1) is 35.5 Å². The molecule has 1 saturated heterocycles. The lowest BCUT2D eigenvalue weighted by molar-refractivity contribution is 0.0625. The molecule has 9 unspecified atom stereocenters. The molecule has 2 rings (SSSR count). The molecule has 1 saturated carbocycles. The van der Waals surface area contributed by atoms with Crippen molar-refractivity contribution in [3.8, 4) is 0 Å². The van der Waals surface area contributed by atoms with Crippen LogP contribution in [0.3, 0.4) is 0 Å². The quantitative estimate of drug-likeness (QED) is 0.737. The molecule has 2 heteroatoms. The smallest absolute Gasteiger partial charge is 0.0614 e. The fraction of sp³-hybridized carbons (Fsp3) is 1.00. The van der Waals surface area contributed by atoms with Crippen molar-refractivity contribution < 1.29 is 5.11 Å². The molecule has 2 N–H and O–H groups in total. The zero-order valence-electron chi connectivity index (χ0n) is 12.1. The average molecular weight is 239 g/mol. The van der Waals surface area contributed by atoms with Crippen LogP contribution >= 0.6 is 0 Å². The van der Waals surface area contributed by atoms with E-state index in [4.69, 9.17) is 0 Å². The van der Waals surface area contributed by atoms with Gasteiger partial charge in [0.25, 0.3) is 0 Å². The summed E-state index contributed by atoms with van der Waals surface area (Å²) in [5, 5.41) is 14.2. The van der Waals surface area contributed by atoms with E-state index in [1.807, 2.05) is 0 Å². The van der Waals surface area contributed by atoms with E-state index in [0.29, 0.717) is 47.6 Å². The van der Waals surface area contributed by atoms with Crippen LogP contribution in [0.5, 0.6) is 0 Å². The van der Waals surface area contributed by atoms with E-state index in [2.05, 4.69) is 46.9 Å². The van der Waals surface area contributed by atoms with E-state index >= 15 is 0 Å². The third-order valence-corrected chi connectivity index (χ3v) is 6.25. The van der Waals surface area contributed by atoms with Gasteiger partial charge in [-0.15, -0.1) is 0 Å². The lowest BCUT2D eigenvalue weighted by Gasteiger charge is -2.31. The summed E-state index contributed by atoms with van der Waals surface area (Å²) in [6.07, 6.45) is -0.127. The summed E-state index contributed by atoms with van der Waals surface area (Å²) in [4.78, 5) is 0. The molecule has 1 heterocycles. The maximum absolute atomic E-state index is 10.5. The number of aliphatic hydroxyl groups is 1. The van der Waals surface area contributed by atoms with E-state index in [0.717, 1.165) is 0 Å². The zero-order chi connectivity index (χ0) is 12.9. The van der Waals surface area contributed by atoms with Gasteiger partial charge in [0.2, 0.25) is 0 Å². The van der Waals surface area contributed by atoms with Gasteiger partial charge in [0.1, 0.15) is 0 Å². The Kier molecular flexibility index (Phi) is 3.57. The second kappa shape index (κ2) is 4.55. The molecule has 0 bridgehead atoms. The van der Waals surface area contributed by atoms with Crippen LogP contribution < -0.4 is 5.32 Å². The van der Waals surface area contributed by atoms with Gasteiger partial charge in [-0.25, -0.2) is 0 Å². The number of hydrogen-bond donors (Lipinski definition) is 2. The second-order valence-corrected chi connectivity index (χ2v) is 6.84. The van der Waals surface area contributed by atoms with Gasteiger partial charge in [-0.1, -0.05) is 34.6 Å². The molecule has 2 aliphatic rings. The van der Waals surface area contributed by atoms with Crippen molar-refractivity contribution in [2.75, 3.05) is 0 Å². The number of nitrogens with one attached hydrogen (secondary N) is 1. The summed E-state index contributed by atoms with van der Waals surface area (Å²) < 4.78 is 0. The summed E-state index contributed by atoms with van der Waals surface area (Å²) in [7, 11) is 0. The van der Waals surface area contributed by atoms with E-state index in [-0.39, 0.29) is 6.10 Å².